The molecule has 0 spiro atoms. The molecule has 1 unspecified atom stereocenters. The summed E-state index contributed by atoms with van der Waals surface area (Å²) in [6.07, 6.45) is 2.32. The number of aromatic carboxylic acids is 1. The molecule has 2 heterocycles. The Bertz CT molecular complexity index is 471. The van der Waals surface area contributed by atoms with Gasteiger partial charge in [0.1, 0.15) is 11.4 Å². The minimum Gasteiger partial charge on any atom is -0.478 e. The second-order valence-corrected chi connectivity index (χ2v) is 5.28. The Hall–Kier alpha value is -1.58. The molecule has 2 rings (SSSR count). The van der Waals surface area contributed by atoms with E-state index in [9.17, 15) is 9.90 Å². The summed E-state index contributed by atoms with van der Waals surface area (Å²) >= 11 is 0. The highest BCUT2D eigenvalue weighted by molar-refractivity contribution is 5.95. The van der Waals surface area contributed by atoms with Crippen molar-refractivity contribution in [2.75, 3.05) is 18.0 Å². The summed E-state index contributed by atoms with van der Waals surface area (Å²) in [6, 6.07) is 1.83. The average molecular weight is 248 g/mol. The minimum absolute atomic E-state index is 0.356. The molecule has 1 N–H and O–H groups in total. The van der Waals surface area contributed by atoms with Gasteiger partial charge in [-0.2, -0.15) is 0 Å². The standard InChI is InChI=1S/C14H20N2O2/c1-9-5-4-6-16(8-9)13-12(14(17)18)10(2)7-11(3)15-13/h7,9H,4-6,8H2,1-3H3,(H,17,18). The molecule has 1 atom stereocenters. The van der Waals surface area contributed by atoms with Crippen LogP contribution in [0.4, 0.5) is 5.82 Å². The van der Waals surface area contributed by atoms with Crippen molar-refractivity contribution in [3.8, 4) is 0 Å². The number of aryl methyl sites for hydroxylation is 2. The smallest absolute Gasteiger partial charge is 0.339 e. The molecule has 1 aliphatic rings. The number of hydrogen-bond donors (Lipinski definition) is 1. The van der Waals surface area contributed by atoms with Gasteiger partial charge in [-0.25, -0.2) is 9.78 Å². The van der Waals surface area contributed by atoms with Gasteiger partial charge in [0.05, 0.1) is 0 Å². The third-order valence-electron chi connectivity index (χ3n) is 3.50. The van der Waals surface area contributed by atoms with Crippen molar-refractivity contribution in [3.05, 3.63) is 22.9 Å². The van der Waals surface area contributed by atoms with Crippen molar-refractivity contribution in [2.45, 2.75) is 33.6 Å². The van der Waals surface area contributed by atoms with E-state index < -0.39 is 5.97 Å². The van der Waals surface area contributed by atoms with Crippen molar-refractivity contribution < 1.29 is 9.90 Å². The van der Waals surface area contributed by atoms with Crippen LogP contribution in [0.25, 0.3) is 0 Å². The summed E-state index contributed by atoms with van der Waals surface area (Å²) in [6.45, 7) is 7.76. The molecule has 0 amide bonds. The zero-order valence-electron chi connectivity index (χ0n) is 11.2. The zero-order chi connectivity index (χ0) is 13.3. The van der Waals surface area contributed by atoms with E-state index in [-0.39, 0.29) is 0 Å². The van der Waals surface area contributed by atoms with E-state index in [1.54, 1.807) is 0 Å². The Labute approximate surface area is 108 Å². The molecule has 1 aliphatic heterocycles. The van der Waals surface area contributed by atoms with Gasteiger partial charge in [0.2, 0.25) is 0 Å². The Kier molecular flexibility index (Phi) is 3.55. The van der Waals surface area contributed by atoms with Crippen molar-refractivity contribution >= 4 is 11.8 Å². The van der Waals surface area contributed by atoms with Crippen LogP contribution in [0.2, 0.25) is 0 Å². The maximum absolute atomic E-state index is 11.4. The first-order valence-electron chi connectivity index (χ1n) is 6.45. The first-order chi connectivity index (χ1) is 8.49. The van der Waals surface area contributed by atoms with Crippen LogP contribution in [0.1, 0.15) is 41.4 Å². The Morgan fingerprint density at radius 1 is 1.50 bits per heavy atom. The lowest BCUT2D eigenvalue weighted by atomic mass is 9.99. The maximum Gasteiger partial charge on any atom is 0.339 e. The van der Waals surface area contributed by atoms with Gasteiger partial charge in [-0.3, -0.25) is 0 Å². The lowest BCUT2D eigenvalue weighted by Crippen LogP contribution is -2.36. The van der Waals surface area contributed by atoms with Crippen LogP contribution in [0, 0.1) is 19.8 Å². The number of pyridine rings is 1. The predicted molar refractivity (Wildman–Crippen MR) is 71.3 cm³/mol. The van der Waals surface area contributed by atoms with Crippen molar-refractivity contribution in [2.24, 2.45) is 5.92 Å². The predicted octanol–water partition coefficient (Wildman–Crippen LogP) is 2.63. The molecular formula is C14H20N2O2. The number of aromatic nitrogens is 1. The van der Waals surface area contributed by atoms with E-state index in [1.807, 2.05) is 19.9 Å². The Balaban J connectivity index is 2.44. The van der Waals surface area contributed by atoms with E-state index in [0.29, 0.717) is 17.3 Å². The molecule has 0 aliphatic carbocycles. The van der Waals surface area contributed by atoms with E-state index in [2.05, 4.69) is 16.8 Å². The monoisotopic (exact) mass is 248 g/mol. The molecule has 4 nitrogen and oxygen atoms in total. The summed E-state index contributed by atoms with van der Waals surface area (Å²) in [5.74, 6) is 0.364. The van der Waals surface area contributed by atoms with E-state index >= 15 is 0 Å². The summed E-state index contributed by atoms with van der Waals surface area (Å²) < 4.78 is 0. The van der Waals surface area contributed by atoms with Crippen LogP contribution in [0.3, 0.4) is 0 Å². The number of nitrogens with zero attached hydrogens (tertiary/aromatic N) is 2. The van der Waals surface area contributed by atoms with Gasteiger partial charge >= 0.3 is 5.97 Å². The number of rotatable bonds is 2. The number of piperidine rings is 1. The largest absolute Gasteiger partial charge is 0.478 e. The first-order valence-corrected chi connectivity index (χ1v) is 6.45. The van der Waals surface area contributed by atoms with Crippen LogP contribution in [-0.4, -0.2) is 29.1 Å². The number of carboxylic acid groups (broad SMARTS) is 1. The number of hydrogen-bond acceptors (Lipinski definition) is 3. The van der Waals surface area contributed by atoms with E-state index in [1.165, 1.54) is 6.42 Å². The summed E-state index contributed by atoms with van der Waals surface area (Å²) in [5.41, 5.74) is 2.03. The van der Waals surface area contributed by atoms with Crippen molar-refractivity contribution in [3.63, 3.8) is 0 Å². The van der Waals surface area contributed by atoms with Gasteiger partial charge in [0, 0.05) is 18.8 Å². The fourth-order valence-corrected chi connectivity index (χ4v) is 2.69. The maximum atomic E-state index is 11.4. The second-order valence-electron chi connectivity index (χ2n) is 5.28. The SMILES string of the molecule is Cc1cc(C)c(C(=O)O)c(N2CCCC(C)C2)n1. The van der Waals surface area contributed by atoms with Crippen LogP contribution >= 0.6 is 0 Å². The fourth-order valence-electron chi connectivity index (χ4n) is 2.69. The van der Waals surface area contributed by atoms with Crippen molar-refractivity contribution in [1.82, 2.24) is 4.98 Å². The Morgan fingerprint density at radius 3 is 2.83 bits per heavy atom. The van der Waals surface area contributed by atoms with E-state index in [0.717, 1.165) is 30.8 Å². The van der Waals surface area contributed by atoms with Crippen LogP contribution in [-0.2, 0) is 0 Å². The minimum atomic E-state index is -0.881. The number of anilines is 1. The highest BCUT2D eigenvalue weighted by Crippen LogP contribution is 2.27. The Morgan fingerprint density at radius 2 is 2.22 bits per heavy atom. The van der Waals surface area contributed by atoms with Gasteiger partial charge in [0.15, 0.2) is 0 Å². The number of carbonyl (C=O) groups is 1. The van der Waals surface area contributed by atoms with Gasteiger partial charge in [-0.15, -0.1) is 0 Å². The topological polar surface area (TPSA) is 53.4 Å². The molecule has 1 aromatic heterocycles. The van der Waals surface area contributed by atoms with Gasteiger partial charge in [-0.05, 0) is 44.2 Å². The fraction of sp³-hybridized carbons (Fsp3) is 0.571. The van der Waals surface area contributed by atoms with Gasteiger partial charge < -0.3 is 10.0 Å². The molecule has 0 saturated carbocycles. The molecule has 1 aromatic rings. The molecule has 1 saturated heterocycles. The highest BCUT2D eigenvalue weighted by atomic mass is 16.4. The molecule has 0 radical (unpaired) electrons. The zero-order valence-corrected chi connectivity index (χ0v) is 11.2. The molecule has 0 bridgehead atoms. The van der Waals surface area contributed by atoms with Crippen molar-refractivity contribution in [1.29, 1.82) is 0 Å². The molecular weight excluding hydrogens is 228 g/mol. The van der Waals surface area contributed by atoms with Crippen LogP contribution < -0.4 is 4.90 Å². The molecule has 18 heavy (non-hydrogen) atoms. The molecule has 98 valence electrons. The normalized spacial score (nSPS) is 19.9. The highest BCUT2D eigenvalue weighted by Gasteiger charge is 2.24. The van der Waals surface area contributed by atoms with Crippen LogP contribution in [0.5, 0.6) is 0 Å². The molecule has 0 aromatic carbocycles. The summed E-state index contributed by atoms with van der Waals surface area (Å²) in [7, 11) is 0. The molecule has 4 heteroatoms. The quantitative estimate of drug-likeness (QED) is 0.874. The van der Waals surface area contributed by atoms with E-state index in [4.69, 9.17) is 0 Å². The lowest BCUT2D eigenvalue weighted by Gasteiger charge is -2.33. The molecule has 1 fully saturated rings. The average Bonchev–Trinajstić information content (AvgIpc) is 2.27. The van der Waals surface area contributed by atoms with Gasteiger partial charge in [-0.1, -0.05) is 6.92 Å². The number of carboxylic acids is 1. The first kappa shape index (κ1) is 12.9. The lowest BCUT2D eigenvalue weighted by molar-refractivity contribution is 0.0696. The van der Waals surface area contributed by atoms with Crippen LogP contribution in [0.15, 0.2) is 6.07 Å². The third-order valence-corrected chi connectivity index (χ3v) is 3.50. The third kappa shape index (κ3) is 2.47. The second kappa shape index (κ2) is 4.96. The summed E-state index contributed by atoms with van der Waals surface area (Å²) in [4.78, 5) is 18.0. The summed E-state index contributed by atoms with van der Waals surface area (Å²) in [5, 5.41) is 9.37. The van der Waals surface area contributed by atoms with Gasteiger partial charge in [0.25, 0.3) is 0 Å².